The summed E-state index contributed by atoms with van der Waals surface area (Å²) >= 11 is 0. The van der Waals surface area contributed by atoms with Gasteiger partial charge < -0.3 is 15.2 Å². The summed E-state index contributed by atoms with van der Waals surface area (Å²) in [7, 11) is 0. The van der Waals surface area contributed by atoms with Gasteiger partial charge in [-0.2, -0.15) is 0 Å². The molecule has 1 rings (SSSR count). The van der Waals surface area contributed by atoms with Crippen LogP contribution in [0.5, 0.6) is 0 Å². The van der Waals surface area contributed by atoms with Gasteiger partial charge in [0.15, 0.2) is 0 Å². The van der Waals surface area contributed by atoms with E-state index in [1.165, 1.54) is 12.1 Å². The number of halogens is 1. The van der Waals surface area contributed by atoms with Gasteiger partial charge in [0.05, 0.1) is 19.8 Å². The van der Waals surface area contributed by atoms with Gasteiger partial charge in [-0.1, -0.05) is 13.0 Å². The highest BCUT2D eigenvalue weighted by Crippen LogP contribution is 2.11. The Bertz CT molecular complexity index is 331. The van der Waals surface area contributed by atoms with E-state index < -0.39 is 0 Å². The largest absolute Gasteiger partial charge is 0.379 e. The Hall–Kier alpha value is -0.970. The average molecular weight is 241 g/mol. The van der Waals surface area contributed by atoms with E-state index >= 15 is 0 Å². The molecule has 0 saturated carbocycles. The molecule has 0 atom stereocenters. The zero-order valence-corrected chi connectivity index (χ0v) is 10.2. The Kier molecular flexibility index (Phi) is 6.77. The van der Waals surface area contributed by atoms with Crippen LogP contribution in [0.15, 0.2) is 18.2 Å². The Morgan fingerprint density at radius 2 is 1.88 bits per heavy atom. The minimum absolute atomic E-state index is 0.263. The van der Waals surface area contributed by atoms with Crippen molar-refractivity contribution in [2.24, 2.45) is 5.73 Å². The van der Waals surface area contributed by atoms with E-state index in [2.05, 4.69) is 6.92 Å². The first-order valence-corrected chi connectivity index (χ1v) is 5.90. The number of hydrogen-bond acceptors (Lipinski definition) is 3. The minimum Gasteiger partial charge on any atom is -0.379 e. The predicted octanol–water partition coefficient (Wildman–Crippen LogP) is 2.23. The molecule has 0 unspecified atom stereocenters. The molecule has 3 nitrogen and oxygen atoms in total. The van der Waals surface area contributed by atoms with Crippen molar-refractivity contribution in [2.45, 2.75) is 26.5 Å². The van der Waals surface area contributed by atoms with Crippen LogP contribution in [-0.2, 0) is 22.6 Å². The fourth-order valence-electron chi connectivity index (χ4n) is 1.47. The Balaban J connectivity index is 2.31. The molecule has 17 heavy (non-hydrogen) atoms. The summed E-state index contributed by atoms with van der Waals surface area (Å²) < 4.78 is 23.7. The highest BCUT2D eigenvalue weighted by atomic mass is 19.1. The lowest BCUT2D eigenvalue weighted by atomic mass is 10.1. The van der Waals surface area contributed by atoms with E-state index in [0.29, 0.717) is 26.4 Å². The third-order valence-electron chi connectivity index (χ3n) is 2.37. The highest BCUT2D eigenvalue weighted by molar-refractivity contribution is 5.27. The molecule has 0 aliphatic carbocycles. The summed E-state index contributed by atoms with van der Waals surface area (Å²) in [5.41, 5.74) is 7.27. The van der Waals surface area contributed by atoms with Crippen LogP contribution in [-0.4, -0.2) is 19.8 Å². The van der Waals surface area contributed by atoms with Gasteiger partial charge in [0, 0.05) is 13.2 Å². The molecular formula is C13H20FNO2. The zero-order valence-electron chi connectivity index (χ0n) is 10.2. The SMILES string of the molecule is CCCOCCOCc1ccc(F)cc1CN. The standard InChI is InChI=1S/C13H20FNO2/c1-2-5-16-6-7-17-10-11-3-4-13(14)8-12(11)9-15/h3-4,8H,2,5-7,9-10,15H2,1H3. The van der Waals surface area contributed by atoms with Crippen molar-refractivity contribution in [3.63, 3.8) is 0 Å². The van der Waals surface area contributed by atoms with Crippen LogP contribution in [0.25, 0.3) is 0 Å². The molecule has 4 heteroatoms. The van der Waals surface area contributed by atoms with E-state index in [1.54, 1.807) is 6.07 Å². The molecule has 0 radical (unpaired) electrons. The second-order valence-electron chi connectivity index (χ2n) is 3.78. The third-order valence-corrected chi connectivity index (χ3v) is 2.37. The van der Waals surface area contributed by atoms with Gasteiger partial charge in [0.2, 0.25) is 0 Å². The van der Waals surface area contributed by atoms with Crippen molar-refractivity contribution in [1.29, 1.82) is 0 Å². The molecule has 0 spiro atoms. The molecule has 0 fully saturated rings. The summed E-state index contributed by atoms with van der Waals surface area (Å²) in [5.74, 6) is -0.263. The van der Waals surface area contributed by atoms with E-state index in [4.69, 9.17) is 15.2 Å². The Labute approximate surface area is 102 Å². The average Bonchev–Trinajstić information content (AvgIpc) is 2.35. The second-order valence-corrected chi connectivity index (χ2v) is 3.78. The van der Waals surface area contributed by atoms with Crippen LogP contribution in [0.4, 0.5) is 4.39 Å². The normalized spacial score (nSPS) is 10.8. The Morgan fingerprint density at radius 1 is 1.12 bits per heavy atom. The van der Waals surface area contributed by atoms with Crippen molar-refractivity contribution in [2.75, 3.05) is 19.8 Å². The van der Waals surface area contributed by atoms with Crippen LogP contribution in [0.3, 0.4) is 0 Å². The van der Waals surface area contributed by atoms with Crippen LogP contribution in [0, 0.1) is 5.82 Å². The maximum atomic E-state index is 12.9. The van der Waals surface area contributed by atoms with Gasteiger partial charge >= 0.3 is 0 Å². The van der Waals surface area contributed by atoms with Crippen LogP contribution in [0.2, 0.25) is 0 Å². The van der Waals surface area contributed by atoms with Gasteiger partial charge in [0.1, 0.15) is 5.82 Å². The first-order valence-electron chi connectivity index (χ1n) is 5.90. The monoisotopic (exact) mass is 241 g/mol. The first-order chi connectivity index (χ1) is 8.27. The molecule has 0 aromatic heterocycles. The van der Waals surface area contributed by atoms with Crippen molar-refractivity contribution >= 4 is 0 Å². The molecule has 96 valence electrons. The van der Waals surface area contributed by atoms with Crippen molar-refractivity contribution in [3.05, 3.63) is 35.1 Å². The molecule has 0 heterocycles. The third kappa shape index (κ3) is 5.26. The number of rotatable bonds is 8. The summed E-state index contributed by atoms with van der Waals surface area (Å²) in [6.07, 6.45) is 1.01. The maximum Gasteiger partial charge on any atom is 0.123 e. The first kappa shape index (κ1) is 14.1. The number of hydrogen-bond donors (Lipinski definition) is 1. The van der Waals surface area contributed by atoms with Gasteiger partial charge in [-0.15, -0.1) is 0 Å². The van der Waals surface area contributed by atoms with Crippen LogP contribution >= 0.6 is 0 Å². The van der Waals surface area contributed by atoms with Gasteiger partial charge in [0.25, 0.3) is 0 Å². The van der Waals surface area contributed by atoms with E-state index in [1.807, 2.05) is 0 Å². The lowest BCUT2D eigenvalue weighted by Gasteiger charge is -2.09. The van der Waals surface area contributed by atoms with Gasteiger partial charge in [-0.3, -0.25) is 0 Å². The van der Waals surface area contributed by atoms with E-state index in [-0.39, 0.29) is 5.82 Å². The molecule has 0 aliphatic heterocycles. The number of nitrogens with two attached hydrogens (primary N) is 1. The summed E-state index contributed by atoms with van der Waals surface area (Å²) in [6, 6.07) is 4.59. The minimum atomic E-state index is -0.263. The fraction of sp³-hybridized carbons (Fsp3) is 0.538. The zero-order chi connectivity index (χ0) is 12.5. The molecule has 1 aromatic rings. The van der Waals surface area contributed by atoms with E-state index in [9.17, 15) is 4.39 Å². The lowest BCUT2D eigenvalue weighted by molar-refractivity contribution is 0.0406. The molecule has 0 aliphatic rings. The number of ether oxygens (including phenoxy) is 2. The second kappa shape index (κ2) is 8.17. The maximum absolute atomic E-state index is 12.9. The van der Waals surface area contributed by atoms with Crippen LogP contribution < -0.4 is 5.73 Å². The molecular weight excluding hydrogens is 221 g/mol. The highest BCUT2D eigenvalue weighted by Gasteiger charge is 2.02. The molecule has 0 saturated heterocycles. The van der Waals surface area contributed by atoms with Crippen molar-refractivity contribution in [3.8, 4) is 0 Å². The number of benzene rings is 1. The summed E-state index contributed by atoms with van der Waals surface area (Å²) in [6.45, 7) is 4.72. The van der Waals surface area contributed by atoms with Crippen molar-refractivity contribution in [1.82, 2.24) is 0 Å². The Morgan fingerprint density at radius 3 is 2.59 bits per heavy atom. The van der Waals surface area contributed by atoms with Gasteiger partial charge in [-0.05, 0) is 29.7 Å². The molecule has 0 bridgehead atoms. The van der Waals surface area contributed by atoms with Crippen LogP contribution in [0.1, 0.15) is 24.5 Å². The summed E-state index contributed by atoms with van der Waals surface area (Å²) in [5, 5.41) is 0. The van der Waals surface area contributed by atoms with E-state index in [0.717, 1.165) is 24.2 Å². The van der Waals surface area contributed by atoms with Crippen molar-refractivity contribution < 1.29 is 13.9 Å². The fourth-order valence-corrected chi connectivity index (χ4v) is 1.47. The lowest BCUT2D eigenvalue weighted by Crippen LogP contribution is -2.07. The quantitative estimate of drug-likeness (QED) is 0.710. The molecule has 1 aromatic carbocycles. The van der Waals surface area contributed by atoms with Gasteiger partial charge in [-0.25, -0.2) is 4.39 Å². The summed E-state index contributed by atoms with van der Waals surface area (Å²) in [4.78, 5) is 0. The smallest absolute Gasteiger partial charge is 0.123 e. The molecule has 0 amide bonds. The topological polar surface area (TPSA) is 44.5 Å². The predicted molar refractivity (Wildman–Crippen MR) is 65.1 cm³/mol. The molecule has 2 N–H and O–H groups in total.